The van der Waals surface area contributed by atoms with Crippen molar-refractivity contribution in [2.75, 3.05) is 19.4 Å². The lowest BCUT2D eigenvalue weighted by molar-refractivity contribution is -0.141. The lowest BCUT2D eigenvalue weighted by Gasteiger charge is -2.25. The smallest absolute Gasteiger partial charge is 0.330 e. The van der Waals surface area contributed by atoms with E-state index in [1.54, 1.807) is 0 Å². The zero-order valence-corrected chi connectivity index (χ0v) is 19.9. The van der Waals surface area contributed by atoms with Crippen molar-refractivity contribution in [3.8, 4) is 0 Å². The molecule has 0 radical (unpaired) electrons. The molecule has 136 valence electrons. The molecule has 23 heavy (non-hydrogen) atoms. The molecule has 0 aliphatic rings. The third-order valence-electron chi connectivity index (χ3n) is 2.85. The maximum Gasteiger partial charge on any atom is 0.330 e. The van der Waals surface area contributed by atoms with Gasteiger partial charge in [0.05, 0.1) is 12.8 Å². The van der Waals surface area contributed by atoms with E-state index in [0.29, 0.717) is 6.23 Å². The fourth-order valence-electron chi connectivity index (χ4n) is 1.56. The molecule has 0 bridgehead atoms. The number of ether oxygens (including phenoxy) is 2. The van der Waals surface area contributed by atoms with E-state index < -0.39 is 48.2 Å². The van der Waals surface area contributed by atoms with Gasteiger partial charge in [0.25, 0.3) is 0 Å². The summed E-state index contributed by atoms with van der Waals surface area (Å²) in [7, 11) is -4.24. The molecular weight excluding hydrogens is 364 g/mol. The van der Waals surface area contributed by atoms with Gasteiger partial charge >= 0.3 is 5.97 Å². The Kier molecular flexibility index (Phi) is 11.4. The molecular formula is C13H32O6Si4. The van der Waals surface area contributed by atoms with E-state index in [2.05, 4.69) is 39.3 Å². The van der Waals surface area contributed by atoms with E-state index in [1.165, 1.54) is 0 Å². The molecule has 6 nitrogen and oxygen atoms in total. The van der Waals surface area contributed by atoms with Crippen LogP contribution in [0.15, 0.2) is 12.7 Å². The topological polar surface area (TPSA) is 74.2 Å². The van der Waals surface area contributed by atoms with Gasteiger partial charge < -0.3 is 22.8 Å². The Morgan fingerprint density at radius 2 is 1.83 bits per heavy atom. The molecule has 0 saturated heterocycles. The monoisotopic (exact) mass is 396 g/mol. The zero-order chi connectivity index (χ0) is 17.9. The first-order valence-electron chi connectivity index (χ1n) is 7.89. The summed E-state index contributed by atoms with van der Waals surface area (Å²) in [5, 5.41) is 9.58. The Morgan fingerprint density at radius 1 is 1.17 bits per heavy atom. The van der Waals surface area contributed by atoms with Gasteiger partial charge in [-0.05, 0) is 38.4 Å². The maximum atomic E-state index is 10.8. The lowest BCUT2D eigenvalue weighted by atomic mass is 10.4. The second-order valence-electron chi connectivity index (χ2n) is 6.88. The number of aliphatic hydroxyl groups is 1. The first-order chi connectivity index (χ1) is 10.6. The van der Waals surface area contributed by atoms with Gasteiger partial charge in [0.1, 0.15) is 22.5 Å². The minimum Gasteiger partial charge on any atom is -0.461 e. The van der Waals surface area contributed by atoms with Crippen LogP contribution in [0.25, 0.3) is 0 Å². The van der Waals surface area contributed by atoms with Crippen LogP contribution >= 0.6 is 0 Å². The highest BCUT2D eigenvalue weighted by molar-refractivity contribution is 6.83. The minimum atomic E-state index is -1.62. The number of aliphatic hydroxyl groups excluding tert-OH is 1. The predicted octanol–water partition coefficient (Wildman–Crippen LogP) is 0.249. The summed E-state index contributed by atoms with van der Waals surface area (Å²) in [6.07, 6.45) is 0.811. The molecule has 0 aliphatic heterocycles. The second-order valence-corrected chi connectivity index (χ2v) is 20.2. The molecule has 0 fully saturated rings. The van der Waals surface area contributed by atoms with Gasteiger partial charge in [-0.15, -0.1) is 0 Å². The van der Waals surface area contributed by atoms with Crippen LogP contribution in [0, 0.1) is 0 Å². The first kappa shape index (κ1) is 22.9. The summed E-state index contributed by atoms with van der Waals surface area (Å²) in [5.41, 5.74) is 1.13. The van der Waals surface area contributed by atoms with E-state index in [1.807, 2.05) is 0 Å². The van der Waals surface area contributed by atoms with Crippen LogP contribution in [0.4, 0.5) is 0 Å². The molecule has 0 heterocycles. The summed E-state index contributed by atoms with van der Waals surface area (Å²) in [4.78, 5) is 10.8. The Balaban J connectivity index is 3.69. The molecule has 0 spiro atoms. The fraction of sp³-hybridized carbons (Fsp3) is 0.769. The van der Waals surface area contributed by atoms with Crippen LogP contribution in [0.3, 0.4) is 0 Å². The highest BCUT2D eigenvalue weighted by Gasteiger charge is 2.23. The minimum absolute atomic E-state index is 0.0762. The van der Waals surface area contributed by atoms with Gasteiger partial charge in [0.15, 0.2) is 26.4 Å². The molecule has 0 rings (SSSR count). The molecule has 0 aromatic heterocycles. The number of carbonyl (C=O) groups is 1. The van der Waals surface area contributed by atoms with Crippen LogP contribution < -0.4 is 0 Å². The Bertz CT molecular complexity index is 359. The first-order valence-corrected chi connectivity index (χ1v) is 17.6. The van der Waals surface area contributed by atoms with Crippen molar-refractivity contribution in [3.63, 3.8) is 0 Å². The van der Waals surface area contributed by atoms with Crippen LogP contribution in [0.5, 0.6) is 0 Å². The van der Waals surface area contributed by atoms with Crippen molar-refractivity contribution in [1.29, 1.82) is 0 Å². The van der Waals surface area contributed by atoms with Crippen molar-refractivity contribution >= 4 is 42.1 Å². The van der Waals surface area contributed by atoms with E-state index in [9.17, 15) is 9.90 Å². The number of hydrogen-bond donors (Lipinski definition) is 1. The standard InChI is InChI=1S/C13H32O6Si4/c1-7-13(15)17-9-12(14)8-16-10-20-19-23(5,6)11-21-18-22(2,3)4/h7,12,14H,1,8-11,20-21H2,2-6H3. The van der Waals surface area contributed by atoms with Gasteiger partial charge in [0, 0.05) is 6.08 Å². The van der Waals surface area contributed by atoms with E-state index in [0.717, 1.165) is 11.7 Å². The normalized spacial score (nSPS) is 14.7. The highest BCUT2D eigenvalue weighted by atomic mass is 28.4. The average Bonchev–Trinajstić information content (AvgIpc) is 2.42. The summed E-state index contributed by atoms with van der Waals surface area (Å²) >= 11 is 0. The van der Waals surface area contributed by atoms with Crippen molar-refractivity contribution in [2.45, 2.75) is 44.5 Å². The van der Waals surface area contributed by atoms with Crippen molar-refractivity contribution < 1.29 is 27.6 Å². The largest absolute Gasteiger partial charge is 0.461 e. The van der Waals surface area contributed by atoms with Gasteiger partial charge in [-0.2, -0.15) is 0 Å². The Hall–Kier alpha value is -0.0825. The Labute approximate surface area is 146 Å². The summed E-state index contributed by atoms with van der Waals surface area (Å²) < 4.78 is 22.2. The van der Waals surface area contributed by atoms with E-state index >= 15 is 0 Å². The van der Waals surface area contributed by atoms with Crippen LogP contribution in [-0.2, 0) is 22.5 Å². The van der Waals surface area contributed by atoms with E-state index in [-0.39, 0.29) is 13.2 Å². The number of carbonyl (C=O) groups excluding carboxylic acids is 1. The van der Waals surface area contributed by atoms with E-state index in [4.69, 9.17) is 17.7 Å². The predicted molar refractivity (Wildman–Crippen MR) is 103 cm³/mol. The highest BCUT2D eigenvalue weighted by Crippen LogP contribution is 2.11. The number of hydrogen-bond acceptors (Lipinski definition) is 6. The van der Waals surface area contributed by atoms with Gasteiger partial charge in [-0.25, -0.2) is 4.79 Å². The molecule has 0 aromatic carbocycles. The van der Waals surface area contributed by atoms with Crippen molar-refractivity contribution in [3.05, 3.63) is 12.7 Å². The quantitative estimate of drug-likeness (QED) is 0.208. The molecule has 10 heteroatoms. The van der Waals surface area contributed by atoms with Gasteiger partial charge in [0.2, 0.25) is 0 Å². The van der Waals surface area contributed by atoms with Crippen LogP contribution in [0.2, 0.25) is 38.4 Å². The summed E-state index contributed by atoms with van der Waals surface area (Å²) in [5.74, 6) is -0.542. The average molecular weight is 397 g/mol. The number of rotatable bonds is 13. The van der Waals surface area contributed by atoms with Crippen LogP contribution in [0.1, 0.15) is 0 Å². The summed E-state index contributed by atoms with van der Waals surface area (Å²) in [6, 6.07) is 0. The molecule has 0 aliphatic carbocycles. The maximum absolute atomic E-state index is 10.8. The molecule has 0 amide bonds. The molecule has 0 aromatic rings. The third kappa shape index (κ3) is 15.2. The molecule has 0 saturated carbocycles. The fourth-order valence-corrected chi connectivity index (χ4v) is 12.0. The van der Waals surface area contributed by atoms with Gasteiger partial charge in [-0.1, -0.05) is 6.58 Å². The molecule has 1 N–H and O–H groups in total. The molecule has 1 atom stereocenters. The number of esters is 1. The SMILES string of the molecule is C=CC(=O)OCC(O)COC[SiH2]O[Si](C)(C)C[SiH2]O[Si](C)(C)C. The second kappa shape index (κ2) is 11.5. The molecule has 1 unspecified atom stereocenters. The third-order valence-corrected chi connectivity index (χ3v) is 17.2. The summed E-state index contributed by atoms with van der Waals surface area (Å²) in [6.45, 7) is 14.5. The lowest BCUT2D eigenvalue weighted by Crippen LogP contribution is -2.38. The zero-order valence-electron chi connectivity index (χ0n) is 15.1. The van der Waals surface area contributed by atoms with Crippen molar-refractivity contribution in [1.82, 2.24) is 0 Å². The van der Waals surface area contributed by atoms with Gasteiger partial charge in [-0.3, -0.25) is 0 Å². The Morgan fingerprint density at radius 3 is 2.39 bits per heavy atom. The van der Waals surface area contributed by atoms with Crippen LogP contribution in [-0.4, -0.2) is 72.8 Å². The van der Waals surface area contributed by atoms with Crippen molar-refractivity contribution in [2.24, 2.45) is 0 Å².